The van der Waals surface area contributed by atoms with Crippen molar-refractivity contribution in [2.75, 3.05) is 40.3 Å². The molecule has 0 saturated carbocycles. The normalized spacial score (nSPS) is 17.1. The summed E-state index contributed by atoms with van der Waals surface area (Å²) in [6.07, 6.45) is 0. The first-order chi connectivity index (χ1) is 9.77. The molecule has 1 aromatic heterocycles. The molecule has 1 aromatic rings. The minimum atomic E-state index is -0.123. The van der Waals surface area contributed by atoms with Gasteiger partial charge in [0.15, 0.2) is 5.82 Å². The number of hydrogen-bond acceptors (Lipinski definition) is 5. The zero-order valence-electron chi connectivity index (χ0n) is 13.6. The van der Waals surface area contributed by atoms with E-state index >= 15 is 0 Å². The highest BCUT2D eigenvalue weighted by molar-refractivity contribution is 5.73. The largest absolute Gasteiger partial charge is 0.339 e. The Morgan fingerprint density at radius 1 is 1.24 bits per heavy atom. The molecule has 0 unspecified atom stereocenters. The average molecular weight is 295 g/mol. The second-order valence-electron chi connectivity index (χ2n) is 6.71. The second-order valence-corrected chi connectivity index (χ2v) is 6.71. The molecule has 1 saturated heterocycles. The van der Waals surface area contributed by atoms with Gasteiger partial charge in [0.2, 0.25) is 5.89 Å². The second kappa shape index (κ2) is 6.01. The van der Waals surface area contributed by atoms with E-state index in [1.54, 1.807) is 19.0 Å². The molecule has 0 aliphatic carbocycles. The van der Waals surface area contributed by atoms with Gasteiger partial charge in [-0.05, 0) is 0 Å². The Balaban J connectivity index is 1.86. The first-order valence-corrected chi connectivity index (χ1v) is 7.29. The summed E-state index contributed by atoms with van der Waals surface area (Å²) >= 11 is 0. The number of rotatable bonds is 2. The monoisotopic (exact) mass is 295 g/mol. The molecule has 2 rings (SSSR count). The van der Waals surface area contributed by atoms with Crippen LogP contribution in [-0.2, 0) is 12.0 Å². The fraction of sp³-hybridized carbons (Fsp3) is 0.786. The van der Waals surface area contributed by atoms with Crippen molar-refractivity contribution in [1.82, 2.24) is 24.8 Å². The average Bonchev–Trinajstić information content (AvgIpc) is 2.87. The molecule has 2 heterocycles. The van der Waals surface area contributed by atoms with E-state index in [0.717, 1.165) is 26.2 Å². The van der Waals surface area contributed by atoms with Crippen molar-refractivity contribution in [2.45, 2.75) is 32.7 Å². The van der Waals surface area contributed by atoms with Crippen molar-refractivity contribution in [1.29, 1.82) is 0 Å². The van der Waals surface area contributed by atoms with E-state index in [4.69, 9.17) is 4.52 Å². The molecule has 0 spiro atoms. The van der Waals surface area contributed by atoms with Crippen molar-refractivity contribution in [3.8, 4) is 0 Å². The molecule has 1 aliphatic heterocycles. The van der Waals surface area contributed by atoms with Crippen LogP contribution in [0.4, 0.5) is 4.79 Å². The zero-order chi connectivity index (χ0) is 15.6. The van der Waals surface area contributed by atoms with E-state index in [2.05, 4.69) is 35.8 Å². The SMILES string of the molecule is CN(C)C(=O)N1CCN(Cc2noc(C(C)(C)C)n2)CC1. The predicted octanol–water partition coefficient (Wildman–Crippen LogP) is 1.17. The molecule has 0 aromatic carbocycles. The third-order valence-electron chi connectivity index (χ3n) is 3.50. The van der Waals surface area contributed by atoms with E-state index < -0.39 is 0 Å². The highest BCUT2D eigenvalue weighted by Crippen LogP contribution is 2.20. The fourth-order valence-electron chi connectivity index (χ4n) is 2.20. The lowest BCUT2D eigenvalue weighted by Crippen LogP contribution is -2.51. The Hall–Kier alpha value is -1.63. The van der Waals surface area contributed by atoms with Crippen LogP contribution in [0.15, 0.2) is 4.52 Å². The highest BCUT2D eigenvalue weighted by Gasteiger charge is 2.25. The van der Waals surface area contributed by atoms with Gasteiger partial charge in [-0.1, -0.05) is 25.9 Å². The van der Waals surface area contributed by atoms with Crippen LogP contribution in [0.2, 0.25) is 0 Å². The van der Waals surface area contributed by atoms with Gasteiger partial charge in [-0.15, -0.1) is 0 Å². The molecule has 2 amide bonds. The molecule has 7 heteroatoms. The van der Waals surface area contributed by atoms with Crippen molar-refractivity contribution in [2.24, 2.45) is 0 Å². The molecule has 118 valence electrons. The molecular weight excluding hydrogens is 270 g/mol. The predicted molar refractivity (Wildman–Crippen MR) is 78.9 cm³/mol. The number of carbonyl (C=O) groups excluding carboxylic acids is 1. The number of piperazine rings is 1. The van der Waals surface area contributed by atoms with Crippen molar-refractivity contribution < 1.29 is 9.32 Å². The third-order valence-corrected chi connectivity index (χ3v) is 3.50. The van der Waals surface area contributed by atoms with Crippen molar-refractivity contribution in [3.05, 3.63) is 11.7 Å². The van der Waals surface area contributed by atoms with E-state index in [1.807, 2.05) is 4.90 Å². The summed E-state index contributed by atoms with van der Waals surface area (Å²) < 4.78 is 5.30. The summed E-state index contributed by atoms with van der Waals surface area (Å²) in [4.78, 5) is 22.1. The lowest BCUT2D eigenvalue weighted by Gasteiger charge is -2.35. The van der Waals surface area contributed by atoms with Gasteiger partial charge >= 0.3 is 6.03 Å². The number of carbonyl (C=O) groups is 1. The lowest BCUT2D eigenvalue weighted by atomic mass is 9.97. The van der Waals surface area contributed by atoms with Gasteiger partial charge in [0.25, 0.3) is 0 Å². The van der Waals surface area contributed by atoms with Gasteiger partial charge in [0.05, 0.1) is 6.54 Å². The Kier molecular flexibility index (Phi) is 4.51. The Bertz CT molecular complexity index is 484. The van der Waals surface area contributed by atoms with Crippen LogP contribution >= 0.6 is 0 Å². The first kappa shape index (κ1) is 15.8. The number of nitrogens with zero attached hydrogens (tertiary/aromatic N) is 5. The zero-order valence-corrected chi connectivity index (χ0v) is 13.6. The van der Waals surface area contributed by atoms with Crippen LogP contribution in [0.3, 0.4) is 0 Å². The minimum Gasteiger partial charge on any atom is -0.339 e. The van der Waals surface area contributed by atoms with Crippen molar-refractivity contribution in [3.63, 3.8) is 0 Å². The van der Waals surface area contributed by atoms with Crippen LogP contribution in [0.1, 0.15) is 32.5 Å². The van der Waals surface area contributed by atoms with Crippen LogP contribution in [-0.4, -0.2) is 71.1 Å². The number of amides is 2. The summed E-state index contributed by atoms with van der Waals surface area (Å²) in [6.45, 7) is 9.96. The standard InChI is InChI=1S/C14H25N5O2/c1-14(2,3)12-15-11(16-21-12)10-18-6-8-19(9-7-18)13(20)17(4)5/h6-10H2,1-5H3. The molecule has 21 heavy (non-hydrogen) atoms. The van der Waals surface area contributed by atoms with Gasteiger partial charge in [-0.25, -0.2) is 4.79 Å². The summed E-state index contributed by atoms with van der Waals surface area (Å²) in [5.74, 6) is 1.38. The molecule has 0 bridgehead atoms. The molecule has 0 N–H and O–H groups in total. The first-order valence-electron chi connectivity index (χ1n) is 7.29. The van der Waals surface area contributed by atoms with Crippen LogP contribution in [0, 0.1) is 0 Å². The third kappa shape index (κ3) is 3.93. The quantitative estimate of drug-likeness (QED) is 0.819. The Morgan fingerprint density at radius 2 is 1.86 bits per heavy atom. The van der Waals surface area contributed by atoms with E-state index in [1.165, 1.54) is 0 Å². The number of hydrogen-bond donors (Lipinski definition) is 0. The summed E-state index contributed by atoms with van der Waals surface area (Å²) in [5, 5.41) is 4.04. The maximum Gasteiger partial charge on any atom is 0.319 e. The molecule has 7 nitrogen and oxygen atoms in total. The maximum atomic E-state index is 11.9. The van der Waals surface area contributed by atoms with Gasteiger partial charge in [-0.2, -0.15) is 4.98 Å². The van der Waals surface area contributed by atoms with Gasteiger partial charge < -0.3 is 14.3 Å². The van der Waals surface area contributed by atoms with Crippen LogP contribution < -0.4 is 0 Å². The van der Waals surface area contributed by atoms with Gasteiger partial charge in [-0.3, -0.25) is 4.90 Å². The lowest BCUT2D eigenvalue weighted by molar-refractivity contribution is 0.118. The minimum absolute atomic E-state index is 0.0734. The topological polar surface area (TPSA) is 65.7 Å². The highest BCUT2D eigenvalue weighted by atomic mass is 16.5. The van der Waals surface area contributed by atoms with Gasteiger partial charge in [0, 0.05) is 45.7 Å². The molecule has 1 fully saturated rings. The number of urea groups is 1. The summed E-state index contributed by atoms with van der Waals surface area (Å²) in [7, 11) is 3.56. The summed E-state index contributed by atoms with van der Waals surface area (Å²) in [5.41, 5.74) is -0.123. The van der Waals surface area contributed by atoms with Gasteiger partial charge in [0.1, 0.15) is 0 Å². The van der Waals surface area contributed by atoms with E-state index in [0.29, 0.717) is 18.3 Å². The molecular formula is C14H25N5O2. The number of aromatic nitrogens is 2. The maximum absolute atomic E-state index is 11.9. The fourth-order valence-corrected chi connectivity index (χ4v) is 2.20. The Labute approximate surface area is 125 Å². The van der Waals surface area contributed by atoms with Crippen LogP contribution in [0.25, 0.3) is 0 Å². The smallest absolute Gasteiger partial charge is 0.319 e. The molecule has 1 aliphatic rings. The molecule has 0 atom stereocenters. The summed E-state index contributed by atoms with van der Waals surface area (Å²) in [6, 6.07) is 0.0734. The Morgan fingerprint density at radius 3 is 2.33 bits per heavy atom. The van der Waals surface area contributed by atoms with E-state index in [9.17, 15) is 4.79 Å². The van der Waals surface area contributed by atoms with Crippen LogP contribution in [0.5, 0.6) is 0 Å². The van der Waals surface area contributed by atoms with Crippen molar-refractivity contribution >= 4 is 6.03 Å². The van der Waals surface area contributed by atoms with E-state index in [-0.39, 0.29) is 11.4 Å². The molecule has 0 radical (unpaired) electrons.